The number of aromatic nitrogens is 1. The first-order chi connectivity index (χ1) is 17.1. The van der Waals surface area contributed by atoms with E-state index >= 15 is 0 Å². The number of nitrogens with zero attached hydrogens (tertiary/aromatic N) is 1. The number of hydrogen-bond donors (Lipinski definition) is 2. The van der Waals surface area contributed by atoms with Crippen LogP contribution in [0.4, 0.5) is 5.69 Å². The lowest BCUT2D eigenvalue weighted by Crippen LogP contribution is -2.33. The molecule has 0 spiro atoms. The van der Waals surface area contributed by atoms with E-state index in [2.05, 4.69) is 56.1 Å². The first kappa shape index (κ1) is 23.6. The van der Waals surface area contributed by atoms with Crippen LogP contribution >= 0.6 is 15.9 Å². The van der Waals surface area contributed by atoms with Crippen molar-refractivity contribution >= 4 is 38.3 Å². The predicted octanol–water partition coefficient (Wildman–Crippen LogP) is 6.16. The summed E-state index contributed by atoms with van der Waals surface area (Å²) in [5.74, 6) is 0.890. The number of Topliss-reactive ketones (excluding diaryl/α,β-unsaturated/α-hetero) is 1. The van der Waals surface area contributed by atoms with Crippen LogP contribution < -0.4 is 10.5 Å². The van der Waals surface area contributed by atoms with Gasteiger partial charge in [-0.05, 0) is 77.0 Å². The molecule has 0 bridgehead atoms. The maximum Gasteiger partial charge on any atom is 0.176 e. The number of carbonyl (C=O) groups excluding carboxylic acids is 1. The lowest BCUT2D eigenvalue weighted by Gasteiger charge is -2.22. The predicted molar refractivity (Wildman–Crippen MR) is 145 cm³/mol. The van der Waals surface area contributed by atoms with Crippen LogP contribution in [0.3, 0.4) is 0 Å². The van der Waals surface area contributed by atoms with Gasteiger partial charge in [-0.15, -0.1) is 0 Å². The smallest absolute Gasteiger partial charge is 0.176 e. The van der Waals surface area contributed by atoms with Gasteiger partial charge in [0.25, 0.3) is 0 Å². The van der Waals surface area contributed by atoms with Crippen molar-refractivity contribution in [2.24, 2.45) is 0 Å². The van der Waals surface area contributed by atoms with Gasteiger partial charge in [0.1, 0.15) is 12.4 Å². The van der Waals surface area contributed by atoms with E-state index in [0.717, 1.165) is 34.1 Å². The van der Waals surface area contributed by atoms with E-state index in [1.807, 2.05) is 30.3 Å². The molecule has 5 nitrogen and oxygen atoms in total. The van der Waals surface area contributed by atoms with Crippen molar-refractivity contribution in [2.75, 3.05) is 25.4 Å². The average molecular weight is 532 g/mol. The molecule has 35 heavy (non-hydrogen) atoms. The van der Waals surface area contributed by atoms with Crippen LogP contribution in [0.2, 0.25) is 0 Å². The summed E-state index contributed by atoms with van der Waals surface area (Å²) in [7, 11) is 0. The number of nitrogens with one attached hydrogen (secondary N) is 1. The molecule has 3 N–H and O–H groups in total. The number of hydrogen-bond acceptors (Lipinski definition) is 4. The molecule has 5 rings (SSSR count). The van der Waals surface area contributed by atoms with E-state index < -0.39 is 0 Å². The van der Waals surface area contributed by atoms with Gasteiger partial charge in [-0.25, -0.2) is 0 Å². The molecule has 0 radical (unpaired) electrons. The summed E-state index contributed by atoms with van der Waals surface area (Å²) in [6, 6.07) is 21.9. The molecule has 6 heteroatoms. The minimum Gasteiger partial charge on any atom is -0.492 e. The van der Waals surface area contributed by atoms with Crippen molar-refractivity contribution in [2.45, 2.75) is 32.2 Å². The average Bonchev–Trinajstić information content (AvgIpc) is 3.24. The Morgan fingerprint density at radius 2 is 1.86 bits per heavy atom. The van der Waals surface area contributed by atoms with E-state index in [-0.39, 0.29) is 5.78 Å². The van der Waals surface area contributed by atoms with E-state index in [1.54, 1.807) is 6.07 Å². The second-order valence-electron chi connectivity index (χ2n) is 9.20. The van der Waals surface area contributed by atoms with Crippen LogP contribution in [0.25, 0.3) is 10.9 Å². The van der Waals surface area contributed by atoms with Gasteiger partial charge in [0.2, 0.25) is 0 Å². The second-order valence-corrected chi connectivity index (χ2v) is 10.1. The molecule has 1 aliphatic carbocycles. The summed E-state index contributed by atoms with van der Waals surface area (Å²) in [6.45, 7) is 2.09. The molecule has 0 saturated heterocycles. The molecule has 3 aromatic carbocycles. The number of halogens is 1. The summed E-state index contributed by atoms with van der Waals surface area (Å²) in [5.41, 5.74) is 12.3. The molecule has 0 fully saturated rings. The Bertz CT molecular complexity index is 1330. The number of aromatic amines is 1. The highest BCUT2D eigenvalue weighted by Crippen LogP contribution is 2.31. The Balaban J connectivity index is 1.26. The van der Waals surface area contributed by atoms with Crippen molar-refractivity contribution in [3.63, 3.8) is 0 Å². The minimum absolute atomic E-state index is 0.0403. The number of nitrogen functional groups attached to an aromatic ring is 1. The molecule has 0 unspecified atom stereocenters. The summed E-state index contributed by atoms with van der Waals surface area (Å²) < 4.78 is 6.93. The van der Waals surface area contributed by atoms with Gasteiger partial charge in [0, 0.05) is 51.5 Å². The lowest BCUT2D eigenvalue weighted by atomic mass is 9.96. The van der Waals surface area contributed by atoms with Crippen molar-refractivity contribution in [3.05, 3.63) is 93.6 Å². The Kier molecular flexibility index (Phi) is 7.21. The molecular formula is C29H30BrN3O2. The SMILES string of the molecule is Nc1cc(C(=O)CN(CCOc2ccc3c4c([nH]c3c2)CCCC4)Cc2ccccc2)ccc1Br. The summed E-state index contributed by atoms with van der Waals surface area (Å²) >= 11 is 3.40. The number of H-pyrrole nitrogens is 1. The molecular weight excluding hydrogens is 502 g/mol. The van der Waals surface area contributed by atoms with Gasteiger partial charge >= 0.3 is 0 Å². The highest BCUT2D eigenvalue weighted by molar-refractivity contribution is 9.10. The molecule has 1 aromatic heterocycles. The Hall–Kier alpha value is -3.09. The monoisotopic (exact) mass is 531 g/mol. The zero-order valence-electron chi connectivity index (χ0n) is 19.7. The standard InChI is InChI=1S/C29H30BrN3O2/c30-25-13-10-21(16-26(25)31)29(34)19-33(18-20-6-2-1-3-7-20)14-15-35-22-11-12-24-23-8-4-5-9-27(23)32-28(24)17-22/h1-3,6-7,10-13,16-17,32H,4-5,8-9,14-15,18-19,31H2. The number of carbonyl (C=O) groups is 1. The molecule has 0 atom stereocenters. The Labute approximate surface area is 214 Å². The first-order valence-electron chi connectivity index (χ1n) is 12.2. The van der Waals surface area contributed by atoms with Crippen LogP contribution in [-0.2, 0) is 19.4 Å². The lowest BCUT2D eigenvalue weighted by molar-refractivity contribution is 0.0912. The normalized spacial score (nSPS) is 13.2. The van der Waals surface area contributed by atoms with E-state index in [9.17, 15) is 4.79 Å². The minimum atomic E-state index is 0.0403. The van der Waals surface area contributed by atoms with E-state index in [4.69, 9.17) is 10.5 Å². The number of anilines is 1. The van der Waals surface area contributed by atoms with Crippen molar-refractivity contribution in [1.29, 1.82) is 0 Å². The third-order valence-electron chi connectivity index (χ3n) is 6.68. The van der Waals surface area contributed by atoms with Crippen molar-refractivity contribution in [1.82, 2.24) is 9.88 Å². The summed E-state index contributed by atoms with van der Waals surface area (Å²) in [4.78, 5) is 18.7. The first-order valence-corrected chi connectivity index (χ1v) is 13.0. The zero-order chi connectivity index (χ0) is 24.2. The molecule has 0 saturated carbocycles. The Morgan fingerprint density at radius 1 is 1.03 bits per heavy atom. The quantitative estimate of drug-likeness (QED) is 0.200. The molecule has 4 aromatic rings. The van der Waals surface area contributed by atoms with Gasteiger partial charge < -0.3 is 15.5 Å². The molecule has 180 valence electrons. The van der Waals surface area contributed by atoms with Gasteiger partial charge in [0.15, 0.2) is 5.78 Å². The largest absolute Gasteiger partial charge is 0.492 e. The fraction of sp³-hybridized carbons (Fsp3) is 0.276. The summed E-state index contributed by atoms with van der Waals surface area (Å²) in [6.07, 6.45) is 4.81. The van der Waals surface area contributed by atoms with Crippen LogP contribution in [0.5, 0.6) is 5.75 Å². The second kappa shape index (κ2) is 10.7. The fourth-order valence-electron chi connectivity index (χ4n) is 4.84. The number of fused-ring (bicyclic) bond motifs is 3. The molecule has 1 heterocycles. The van der Waals surface area contributed by atoms with Crippen LogP contribution in [0.15, 0.2) is 71.2 Å². The number of rotatable bonds is 9. The molecule has 1 aliphatic rings. The number of nitrogens with two attached hydrogens (primary N) is 1. The maximum atomic E-state index is 13.0. The number of benzene rings is 3. The van der Waals surface area contributed by atoms with E-state index in [0.29, 0.717) is 37.5 Å². The third kappa shape index (κ3) is 5.60. The van der Waals surface area contributed by atoms with Crippen molar-refractivity contribution in [3.8, 4) is 5.75 Å². The Morgan fingerprint density at radius 3 is 2.69 bits per heavy atom. The molecule has 0 aliphatic heterocycles. The van der Waals surface area contributed by atoms with Gasteiger partial charge in [-0.3, -0.25) is 9.69 Å². The number of ether oxygens (including phenoxy) is 1. The van der Waals surface area contributed by atoms with Crippen molar-refractivity contribution < 1.29 is 9.53 Å². The zero-order valence-corrected chi connectivity index (χ0v) is 21.3. The van der Waals surface area contributed by atoms with Gasteiger partial charge in [-0.2, -0.15) is 0 Å². The highest BCUT2D eigenvalue weighted by atomic mass is 79.9. The topological polar surface area (TPSA) is 71.3 Å². The van der Waals surface area contributed by atoms with E-state index in [1.165, 1.54) is 29.5 Å². The summed E-state index contributed by atoms with van der Waals surface area (Å²) in [5, 5.41) is 1.32. The fourth-order valence-corrected chi connectivity index (χ4v) is 5.09. The number of aryl methyl sites for hydroxylation is 2. The van der Waals surface area contributed by atoms with Gasteiger partial charge in [0.05, 0.1) is 6.54 Å². The highest BCUT2D eigenvalue weighted by Gasteiger charge is 2.17. The van der Waals surface area contributed by atoms with Crippen LogP contribution in [-0.4, -0.2) is 35.4 Å². The van der Waals surface area contributed by atoms with Crippen LogP contribution in [0.1, 0.15) is 40.0 Å². The van der Waals surface area contributed by atoms with Gasteiger partial charge in [-0.1, -0.05) is 36.4 Å². The number of ketones is 1. The molecule has 0 amide bonds. The van der Waals surface area contributed by atoms with Crippen LogP contribution in [0, 0.1) is 0 Å². The third-order valence-corrected chi connectivity index (χ3v) is 7.40. The maximum absolute atomic E-state index is 13.0.